The first kappa shape index (κ1) is 14.6. The van der Waals surface area contributed by atoms with Crippen molar-refractivity contribution in [3.05, 3.63) is 45.9 Å². The fraction of sp³-hybridized carbons (Fsp3) is 0.167. The summed E-state index contributed by atoms with van der Waals surface area (Å²) in [5.74, 6) is -0.251. The second-order valence-electron chi connectivity index (χ2n) is 4.17. The van der Waals surface area contributed by atoms with Crippen LogP contribution < -0.4 is 10.5 Å². The summed E-state index contributed by atoms with van der Waals surface area (Å²) >= 11 is 1.28. The van der Waals surface area contributed by atoms with E-state index < -0.39 is 10.0 Å². The number of aromatic nitrogens is 1. The van der Waals surface area contributed by atoms with E-state index in [1.807, 2.05) is 6.92 Å². The molecule has 0 aliphatic carbocycles. The van der Waals surface area contributed by atoms with Crippen LogP contribution in [-0.2, 0) is 16.6 Å². The molecule has 0 saturated heterocycles. The lowest BCUT2D eigenvalue weighted by Gasteiger charge is -2.04. The van der Waals surface area contributed by atoms with Crippen LogP contribution in [0.25, 0.3) is 0 Å². The maximum Gasteiger partial charge on any atom is 0.280 e. The summed E-state index contributed by atoms with van der Waals surface area (Å²) in [7, 11) is -3.69. The molecule has 0 saturated carbocycles. The number of hydrogen-bond acceptors (Lipinski definition) is 5. The van der Waals surface area contributed by atoms with Gasteiger partial charge in [-0.1, -0.05) is 12.1 Å². The average Bonchev–Trinajstić information content (AvgIpc) is 2.82. The number of carbonyl (C=O) groups excluding carboxylic acids is 1. The van der Waals surface area contributed by atoms with Crippen LogP contribution in [0.15, 0.2) is 34.5 Å². The second-order valence-corrected chi connectivity index (χ2v) is 6.59. The van der Waals surface area contributed by atoms with Crippen LogP contribution >= 0.6 is 11.3 Å². The van der Waals surface area contributed by atoms with E-state index in [9.17, 15) is 13.2 Å². The Labute approximate surface area is 120 Å². The third-order valence-corrected chi connectivity index (χ3v) is 4.41. The van der Waals surface area contributed by atoms with E-state index in [0.717, 1.165) is 11.3 Å². The number of hydrogen-bond donors (Lipinski definition) is 2. The van der Waals surface area contributed by atoms with Crippen LogP contribution in [0.5, 0.6) is 0 Å². The molecule has 3 N–H and O–H groups in total. The van der Waals surface area contributed by atoms with Gasteiger partial charge in [-0.15, -0.1) is 11.3 Å². The SMILES string of the molecule is Cc1csc(C(=O)NCc2ccc(S(N)(=O)=O)cc2)n1. The number of nitrogens with one attached hydrogen (secondary N) is 1. The van der Waals surface area contributed by atoms with Gasteiger partial charge in [-0.2, -0.15) is 0 Å². The molecule has 106 valence electrons. The number of primary sulfonamides is 1. The molecule has 0 unspecified atom stereocenters. The first-order valence-electron chi connectivity index (χ1n) is 5.68. The molecule has 1 heterocycles. The third-order valence-electron chi connectivity index (χ3n) is 2.52. The Bertz CT molecular complexity index is 721. The smallest absolute Gasteiger partial charge is 0.280 e. The number of nitrogens with zero attached hydrogens (tertiary/aromatic N) is 1. The zero-order valence-corrected chi connectivity index (χ0v) is 12.3. The fourth-order valence-corrected chi connectivity index (χ4v) is 2.74. The number of rotatable bonds is 4. The molecule has 0 aliphatic heterocycles. The lowest BCUT2D eigenvalue weighted by Crippen LogP contribution is -2.22. The Hall–Kier alpha value is -1.77. The second kappa shape index (κ2) is 5.70. The number of nitrogens with two attached hydrogens (primary N) is 1. The van der Waals surface area contributed by atoms with Crippen molar-refractivity contribution < 1.29 is 13.2 Å². The predicted molar refractivity (Wildman–Crippen MR) is 75.8 cm³/mol. The molecule has 8 heteroatoms. The summed E-state index contributed by atoms with van der Waals surface area (Å²) in [6.45, 7) is 2.11. The number of benzene rings is 1. The lowest BCUT2D eigenvalue weighted by molar-refractivity contribution is 0.0950. The van der Waals surface area contributed by atoms with Gasteiger partial charge in [0, 0.05) is 17.6 Å². The maximum atomic E-state index is 11.8. The van der Waals surface area contributed by atoms with Crippen molar-refractivity contribution in [3.63, 3.8) is 0 Å². The summed E-state index contributed by atoms with van der Waals surface area (Å²) in [6, 6.07) is 6.02. The van der Waals surface area contributed by atoms with Crippen LogP contribution in [0.3, 0.4) is 0 Å². The van der Waals surface area contributed by atoms with Gasteiger partial charge in [-0.05, 0) is 24.6 Å². The van der Waals surface area contributed by atoms with Gasteiger partial charge in [0.05, 0.1) is 4.90 Å². The molecule has 1 aromatic carbocycles. The van der Waals surface area contributed by atoms with Crippen LogP contribution in [0.2, 0.25) is 0 Å². The molecule has 6 nitrogen and oxygen atoms in total. The van der Waals surface area contributed by atoms with Gasteiger partial charge in [0.15, 0.2) is 5.01 Å². The molecule has 0 bridgehead atoms. The Kier molecular flexibility index (Phi) is 4.17. The quantitative estimate of drug-likeness (QED) is 0.880. The van der Waals surface area contributed by atoms with E-state index in [4.69, 9.17) is 5.14 Å². The van der Waals surface area contributed by atoms with Crippen molar-refractivity contribution in [1.29, 1.82) is 0 Å². The highest BCUT2D eigenvalue weighted by Gasteiger charge is 2.10. The Morgan fingerprint density at radius 2 is 2.00 bits per heavy atom. The Morgan fingerprint density at radius 1 is 1.35 bits per heavy atom. The molecule has 0 aliphatic rings. The molecule has 20 heavy (non-hydrogen) atoms. The number of aryl methyl sites for hydroxylation is 1. The largest absolute Gasteiger partial charge is 0.346 e. The molecular formula is C12H13N3O3S2. The Balaban J connectivity index is 1.99. The van der Waals surface area contributed by atoms with Gasteiger partial charge in [0.1, 0.15) is 0 Å². The standard InChI is InChI=1S/C12H13N3O3S2/c1-8-7-19-12(15-8)11(16)14-6-9-2-4-10(5-3-9)20(13,17)18/h2-5,7H,6H2,1H3,(H,14,16)(H2,13,17,18). The van der Waals surface area contributed by atoms with Crippen molar-refractivity contribution in [2.75, 3.05) is 0 Å². The topological polar surface area (TPSA) is 102 Å². The summed E-state index contributed by atoms with van der Waals surface area (Å²) in [5.41, 5.74) is 1.58. The van der Waals surface area contributed by atoms with Gasteiger partial charge in [-0.25, -0.2) is 18.5 Å². The molecule has 1 amide bonds. The fourth-order valence-electron chi connectivity index (χ4n) is 1.51. The minimum atomic E-state index is -3.69. The van der Waals surface area contributed by atoms with Gasteiger partial charge in [0.2, 0.25) is 10.0 Å². The van der Waals surface area contributed by atoms with E-state index >= 15 is 0 Å². The molecule has 0 atom stereocenters. The first-order valence-corrected chi connectivity index (χ1v) is 8.11. The molecule has 0 spiro atoms. The highest BCUT2D eigenvalue weighted by molar-refractivity contribution is 7.89. The Morgan fingerprint density at radius 3 is 2.50 bits per heavy atom. The zero-order valence-electron chi connectivity index (χ0n) is 10.7. The van der Waals surface area contributed by atoms with Gasteiger partial charge in [0.25, 0.3) is 5.91 Å². The number of sulfonamides is 1. The molecule has 1 aromatic heterocycles. The van der Waals surface area contributed by atoms with Crippen molar-refractivity contribution >= 4 is 27.3 Å². The first-order chi connectivity index (χ1) is 9.36. The summed E-state index contributed by atoms with van der Waals surface area (Å²) in [5, 5.41) is 9.93. The molecule has 2 rings (SSSR count). The summed E-state index contributed by atoms with van der Waals surface area (Å²) < 4.78 is 22.2. The summed E-state index contributed by atoms with van der Waals surface area (Å²) in [6.07, 6.45) is 0. The zero-order chi connectivity index (χ0) is 14.8. The van der Waals surface area contributed by atoms with Gasteiger partial charge < -0.3 is 5.32 Å². The molecule has 2 aromatic rings. The average molecular weight is 311 g/mol. The van der Waals surface area contributed by atoms with Crippen LogP contribution in [0.4, 0.5) is 0 Å². The minimum Gasteiger partial charge on any atom is -0.346 e. The third kappa shape index (κ3) is 3.62. The number of amides is 1. The number of carbonyl (C=O) groups is 1. The van der Waals surface area contributed by atoms with Gasteiger partial charge >= 0.3 is 0 Å². The highest BCUT2D eigenvalue weighted by atomic mass is 32.2. The van der Waals surface area contributed by atoms with Crippen LogP contribution in [-0.4, -0.2) is 19.3 Å². The van der Waals surface area contributed by atoms with E-state index in [1.165, 1.54) is 23.5 Å². The predicted octanol–water partition coefficient (Wildman–Crippen LogP) is 1.03. The maximum absolute atomic E-state index is 11.8. The van der Waals surface area contributed by atoms with Crippen molar-refractivity contribution in [2.24, 2.45) is 5.14 Å². The van der Waals surface area contributed by atoms with Crippen molar-refractivity contribution in [1.82, 2.24) is 10.3 Å². The van der Waals surface area contributed by atoms with E-state index in [0.29, 0.717) is 11.6 Å². The van der Waals surface area contributed by atoms with Gasteiger partial charge in [-0.3, -0.25) is 4.79 Å². The van der Waals surface area contributed by atoms with E-state index in [2.05, 4.69) is 10.3 Å². The van der Waals surface area contributed by atoms with E-state index in [-0.39, 0.29) is 10.8 Å². The van der Waals surface area contributed by atoms with Crippen molar-refractivity contribution in [2.45, 2.75) is 18.4 Å². The van der Waals surface area contributed by atoms with E-state index in [1.54, 1.807) is 17.5 Å². The minimum absolute atomic E-state index is 0.0446. The van der Waals surface area contributed by atoms with Crippen LogP contribution in [0.1, 0.15) is 21.1 Å². The lowest BCUT2D eigenvalue weighted by atomic mass is 10.2. The monoisotopic (exact) mass is 311 g/mol. The van der Waals surface area contributed by atoms with Crippen molar-refractivity contribution in [3.8, 4) is 0 Å². The molecular weight excluding hydrogens is 298 g/mol. The van der Waals surface area contributed by atoms with Crippen LogP contribution in [0, 0.1) is 6.92 Å². The highest BCUT2D eigenvalue weighted by Crippen LogP contribution is 2.10. The molecule has 0 radical (unpaired) electrons. The molecule has 0 fully saturated rings. The summed E-state index contributed by atoms with van der Waals surface area (Å²) in [4.78, 5) is 15.9. The number of thiazole rings is 1. The normalized spacial score (nSPS) is 11.3.